The number of nitrogens with one attached hydrogen (secondary N) is 2. The highest BCUT2D eigenvalue weighted by Crippen LogP contribution is 2.45. The van der Waals surface area contributed by atoms with E-state index in [1.165, 1.54) is 0 Å². The molecule has 0 unspecified atom stereocenters. The summed E-state index contributed by atoms with van der Waals surface area (Å²) in [6.07, 6.45) is 0.854. The van der Waals surface area contributed by atoms with E-state index in [9.17, 15) is 10.1 Å². The second-order valence-electron chi connectivity index (χ2n) is 9.49. The van der Waals surface area contributed by atoms with E-state index in [0.717, 1.165) is 90.4 Å². The lowest BCUT2D eigenvalue weighted by Crippen LogP contribution is -2.39. The highest BCUT2D eigenvalue weighted by Gasteiger charge is 2.40. The number of aromatic nitrogens is 1. The molecule has 1 aliphatic carbocycles. The van der Waals surface area contributed by atoms with Gasteiger partial charge in [0.15, 0.2) is 5.78 Å². The Morgan fingerprint density at radius 2 is 2.00 bits per heavy atom. The van der Waals surface area contributed by atoms with Crippen molar-refractivity contribution in [3.8, 4) is 6.07 Å². The summed E-state index contributed by atoms with van der Waals surface area (Å²) in [4.78, 5) is 19.6. The molecule has 1 aliphatic heterocycles. The van der Waals surface area contributed by atoms with E-state index in [2.05, 4.69) is 54.2 Å². The van der Waals surface area contributed by atoms with Gasteiger partial charge in [0, 0.05) is 59.4 Å². The third-order valence-electron chi connectivity index (χ3n) is 7.17. The number of ether oxygens (including phenoxy) is 1. The summed E-state index contributed by atoms with van der Waals surface area (Å²) in [6, 6.07) is 12.0. The van der Waals surface area contributed by atoms with E-state index < -0.39 is 0 Å². The predicted octanol–water partition coefficient (Wildman–Crippen LogP) is 4.22. The van der Waals surface area contributed by atoms with Crippen LogP contribution in [0.25, 0.3) is 10.9 Å². The first-order chi connectivity index (χ1) is 15.9. The van der Waals surface area contributed by atoms with E-state index in [0.29, 0.717) is 5.56 Å². The topological polar surface area (TPSA) is 81.2 Å². The number of H-pyrrole nitrogens is 1. The lowest BCUT2D eigenvalue weighted by Gasteiger charge is -2.33. The number of nitriles is 1. The molecule has 2 N–H and O–H groups in total. The quantitative estimate of drug-likeness (QED) is 0.618. The van der Waals surface area contributed by atoms with Gasteiger partial charge in [0.1, 0.15) is 0 Å². The number of ketones is 1. The van der Waals surface area contributed by atoms with Crippen LogP contribution in [-0.4, -0.2) is 55.1 Å². The zero-order valence-electron chi connectivity index (χ0n) is 19.5. The largest absolute Gasteiger partial charge is 0.384 e. The number of carbonyl (C=O) groups excluding carboxylic acids is 1. The maximum Gasteiger partial charge on any atom is 0.195 e. The molecular weight excluding hydrogens is 412 g/mol. The number of nitrogens with zero attached hydrogens (tertiary/aromatic N) is 2. The van der Waals surface area contributed by atoms with Crippen LogP contribution in [0, 0.1) is 11.3 Å². The zero-order chi connectivity index (χ0) is 23.2. The minimum atomic E-state index is -0.364. The molecule has 0 bridgehead atoms. The van der Waals surface area contributed by atoms with Crippen molar-refractivity contribution >= 4 is 22.4 Å². The van der Waals surface area contributed by atoms with Crippen molar-refractivity contribution in [3.05, 3.63) is 63.8 Å². The van der Waals surface area contributed by atoms with Crippen LogP contribution in [0.1, 0.15) is 59.1 Å². The molecule has 6 nitrogen and oxygen atoms in total. The Bertz CT molecular complexity index is 1280. The molecule has 0 radical (unpaired) electrons. The summed E-state index contributed by atoms with van der Waals surface area (Å²) in [5.74, 6) is 0.0600. The van der Waals surface area contributed by atoms with Crippen LogP contribution in [-0.2, 0) is 16.6 Å². The molecule has 1 aromatic heterocycles. The lowest BCUT2D eigenvalue weighted by molar-refractivity contribution is 0.0398. The molecule has 2 heterocycles. The average molecular weight is 443 g/mol. The summed E-state index contributed by atoms with van der Waals surface area (Å²) in [5, 5.41) is 13.8. The number of aromatic amines is 1. The molecule has 170 valence electrons. The molecule has 0 atom stereocenters. The molecule has 3 aromatic rings. The third kappa shape index (κ3) is 3.62. The van der Waals surface area contributed by atoms with Crippen LogP contribution in [0.5, 0.6) is 0 Å². The number of aryl methyl sites for hydroxylation is 1. The van der Waals surface area contributed by atoms with Crippen molar-refractivity contribution in [1.82, 2.24) is 9.88 Å². The van der Waals surface area contributed by atoms with Crippen LogP contribution in [0.2, 0.25) is 0 Å². The van der Waals surface area contributed by atoms with Crippen LogP contribution in [0.15, 0.2) is 30.3 Å². The molecule has 33 heavy (non-hydrogen) atoms. The fourth-order valence-electron chi connectivity index (χ4n) is 5.22. The number of carbonyl (C=O) groups is 1. The van der Waals surface area contributed by atoms with Crippen LogP contribution >= 0.6 is 0 Å². The van der Waals surface area contributed by atoms with Crippen LogP contribution < -0.4 is 5.32 Å². The van der Waals surface area contributed by atoms with Gasteiger partial charge in [-0.15, -0.1) is 0 Å². The normalized spacial score (nSPS) is 17.5. The van der Waals surface area contributed by atoms with Gasteiger partial charge in [-0.25, -0.2) is 0 Å². The minimum Gasteiger partial charge on any atom is -0.384 e. The molecular formula is C27H30N4O2. The average Bonchev–Trinajstić information content (AvgIpc) is 3.23. The van der Waals surface area contributed by atoms with Crippen molar-refractivity contribution in [2.24, 2.45) is 0 Å². The molecule has 0 saturated carbocycles. The number of hydrogen-bond acceptors (Lipinski definition) is 5. The van der Waals surface area contributed by atoms with E-state index in [4.69, 9.17) is 4.74 Å². The van der Waals surface area contributed by atoms with Gasteiger partial charge in [-0.3, -0.25) is 9.69 Å². The molecule has 0 spiro atoms. The maximum atomic E-state index is 13.7. The number of fused-ring (bicyclic) bond motifs is 4. The van der Waals surface area contributed by atoms with Gasteiger partial charge < -0.3 is 15.0 Å². The van der Waals surface area contributed by atoms with Gasteiger partial charge in [-0.05, 0) is 41.8 Å². The molecule has 5 rings (SSSR count). The van der Waals surface area contributed by atoms with Crippen molar-refractivity contribution < 1.29 is 9.53 Å². The second kappa shape index (κ2) is 8.33. The Labute approximate surface area is 194 Å². The molecule has 6 heteroatoms. The Kier molecular flexibility index (Phi) is 5.48. The van der Waals surface area contributed by atoms with Gasteiger partial charge in [-0.2, -0.15) is 5.26 Å². The molecule has 1 saturated heterocycles. The fourth-order valence-corrected chi connectivity index (χ4v) is 5.22. The van der Waals surface area contributed by atoms with Crippen molar-refractivity contribution in [3.63, 3.8) is 0 Å². The summed E-state index contributed by atoms with van der Waals surface area (Å²) in [5.41, 5.74) is 6.82. The third-order valence-corrected chi connectivity index (χ3v) is 7.17. The molecule has 2 aromatic carbocycles. The van der Waals surface area contributed by atoms with Crippen molar-refractivity contribution in [1.29, 1.82) is 5.26 Å². The highest BCUT2D eigenvalue weighted by molar-refractivity contribution is 6.20. The molecule has 1 fully saturated rings. The monoisotopic (exact) mass is 442 g/mol. The zero-order valence-corrected chi connectivity index (χ0v) is 19.5. The molecule has 2 aliphatic rings. The summed E-state index contributed by atoms with van der Waals surface area (Å²) >= 11 is 0. The minimum absolute atomic E-state index is 0.0600. The number of hydrogen-bond donors (Lipinski definition) is 2. The smallest absolute Gasteiger partial charge is 0.195 e. The van der Waals surface area contributed by atoms with Crippen LogP contribution in [0.3, 0.4) is 0 Å². The Balaban J connectivity index is 1.52. The summed E-state index contributed by atoms with van der Waals surface area (Å²) < 4.78 is 5.45. The first-order valence-electron chi connectivity index (χ1n) is 11.8. The summed E-state index contributed by atoms with van der Waals surface area (Å²) in [6.45, 7) is 11.9. The Hall–Kier alpha value is -3.14. The van der Waals surface area contributed by atoms with Gasteiger partial charge >= 0.3 is 0 Å². The number of morpholine rings is 1. The van der Waals surface area contributed by atoms with E-state index in [1.807, 2.05) is 12.1 Å². The van der Waals surface area contributed by atoms with Gasteiger partial charge in [0.2, 0.25) is 0 Å². The van der Waals surface area contributed by atoms with Crippen molar-refractivity contribution in [2.45, 2.75) is 32.6 Å². The van der Waals surface area contributed by atoms with E-state index >= 15 is 0 Å². The standard InChI is InChI=1S/C27H30N4O2/c1-4-18-14-20-21(15-22(18)29-7-8-31-9-11-33-12-10-31)27(2,3)26-24(25(20)32)19-6-5-17(16-28)13-23(19)30-26/h5-6,13-15,29-30H,4,7-12H2,1-3H3. The first kappa shape index (κ1) is 21.7. The highest BCUT2D eigenvalue weighted by atomic mass is 16.5. The van der Waals surface area contributed by atoms with E-state index in [1.54, 1.807) is 6.07 Å². The maximum absolute atomic E-state index is 13.7. The fraction of sp³-hybridized carbons (Fsp3) is 0.407. The van der Waals surface area contributed by atoms with Gasteiger partial charge in [0.05, 0.1) is 30.4 Å². The number of benzene rings is 2. The second-order valence-corrected chi connectivity index (χ2v) is 9.49. The van der Waals surface area contributed by atoms with Gasteiger partial charge in [0.25, 0.3) is 0 Å². The van der Waals surface area contributed by atoms with Gasteiger partial charge in [-0.1, -0.05) is 26.8 Å². The predicted molar refractivity (Wildman–Crippen MR) is 130 cm³/mol. The SMILES string of the molecule is CCc1cc2c(cc1NCCN1CCOCC1)C(C)(C)c1[nH]c3cc(C#N)ccc3c1C2=O. The Morgan fingerprint density at radius 3 is 2.73 bits per heavy atom. The number of anilines is 1. The van der Waals surface area contributed by atoms with E-state index in [-0.39, 0.29) is 11.2 Å². The molecule has 0 amide bonds. The van der Waals surface area contributed by atoms with Crippen molar-refractivity contribution in [2.75, 3.05) is 44.7 Å². The lowest BCUT2D eigenvalue weighted by atomic mass is 9.70. The Morgan fingerprint density at radius 1 is 1.21 bits per heavy atom. The number of rotatable bonds is 5. The summed E-state index contributed by atoms with van der Waals surface area (Å²) in [7, 11) is 0. The van der Waals surface area contributed by atoms with Crippen LogP contribution in [0.4, 0.5) is 5.69 Å². The first-order valence-corrected chi connectivity index (χ1v) is 11.8.